The number of thioether (sulfide) groups is 1. The maximum Gasteiger partial charge on any atom is 0.241 e. The highest BCUT2D eigenvalue weighted by Crippen LogP contribution is 2.35. The van der Waals surface area contributed by atoms with Crippen LogP contribution < -0.4 is 5.32 Å². The fourth-order valence-corrected chi connectivity index (χ4v) is 4.89. The average Bonchev–Trinajstić information content (AvgIpc) is 3.06. The zero-order chi connectivity index (χ0) is 14.1. The second-order valence-corrected chi connectivity index (χ2v) is 7.94. The number of amides is 1. The highest BCUT2D eigenvalue weighted by atomic mass is 32.2. The largest absolute Gasteiger partial charge is 0.318 e. The third-order valence-electron chi connectivity index (χ3n) is 4.25. The fourth-order valence-electron chi connectivity index (χ4n) is 3.13. The van der Waals surface area contributed by atoms with E-state index in [0.29, 0.717) is 17.9 Å². The first kappa shape index (κ1) is 14.4. The molecule has 2 fully saturated rings. The van der Waals surface area contributed by atoms with Crippen LogP contribution in [0.1, 0.15) is 38.4 Å². The maximum absolute atomic E-state index is 12.8. The van der Waals surface area contributed by atoms with E-state index in [0.717, 1.165) is 12.8 Å². The summed E-state index contributed by atoms with van der Waals surface area (Å²) in [4.78, 5) is 15.0. The van der Waals surface area contributed by atoms with Gasteiger partial charge in [0.05, 0.1) is 6.04 Å². The van der Waals surface area contributed by atoms with Crippen molar-refractivity contribution in [3.8, 4) is 0 Å². The Labute approximate surface area is 129 Å². The monoisotopic (exact) mass is 310 g/mol. The maximum atomic E-state index is 12.8. The molecule has 1 aromatic rings. The van der Waals surface area contributed by atoms with E-state index in [1.165, 1.54) is 17.1 Å². The lowest BCUT2D eigenvalue weighted by Gasteiger charge is -2.34. The van der Waals surface area contributed by atoms with E-state index in [1.807, 2.05) is 11.8 Å². The molecule has 0 saturated carbocycles. The molecule has 110 valence electrons. The lowest BCUT2D eigenvalue weighted by Crippen LogP contribution is -2.42. The van der Waals surface area contributed by atoms with E-state index in [-0.39, 0.29) is 12.2 Å². The highest BCUT2D eigenvalue weighted by molar-refractivity contribution is 7.99. The van der Waals surface area contributed by atoms with Crippen LogP contribution in [0.4, 0.5) is 0 Å². The topological polar surface area (TPSA) is 32.3 Å². The number of nitrogens with one attached hydrogen (secondary N) is 1. The van der Waals surface area contributed by atoms with E-state index in [4.69, 9.17) is 0 Å². The molecule has 0 bridgehead atoms. The van der Waals surface area contributed by atoms with Gasteiger partial charge in [0.25, 0.3) is 0 Å². The van der Waals surface area contributed by atoms with Gasteiger partial charge in [-0.25, -0.2) is 0 Å². The molecule has 2 unspecified atom stereocenters. The molecule has 2 saturated heterocycles. The number of thiophene rings is 1. The summed E-state index contributed by atoms with van der Waals surface area (Å²) in [5.74, 6) is 2.99. The number of rotatable bonds is 3. The third kappa shape index (κ3) is 2.63. The summed E-state index contributed by atoms with van der Waals surface area (Å²) in [5.41, 5.74) is 1.24. The standard InChI is InChI=1S/C15H22N2OS2/c1-10(2)13-15(18)17(12-4-7-19-8-5-12)14(16-13)11-3-6-20-9-11/h3,6,9-10,12-14,16H,4-5,7-8H2,1-2H3. The molecule has 1 aromatic heterocycles. The SMILES string of the molecule is CC(C)C1NC(c2ccsc2)N(C2CCSCC2)C1=O. The Morgan fingerprint density at radius 1 is 1.35 bits per heavy atom. The van der Waals surface area contributed by atoms with Gasteiger partial charge in [0, 0.05) is 6.04 Å². The van der Waals surface area contributed by atoms with E-state index < -0.39 is 0 Å². The molecule has 20 heavy (non-hydrogen) atoms. The second kappa shape index (κ2) is 6.08. The minimum Gasteiger partial charge on any atom is -0.318 e. The van der Waals surface area contributed by atoms with E-state index in [1.54, 1.807) is 11.3 Å². The molecule has 5 heteroatoms. The zero-order valence-corrected chi connectivity index (χ0v) is 13.7. The van der Waals surface area contributed by atoms with E-state index in [9.17, 15) is 4.79 Å². The van der Waals surface area contributed by atoms with Crippen molar-refractivity contribution in [2.24, 2.45) is 5.92 Å². The minimum atomic E-state index is -0.0329. The summed E-state index contributed by atoms with van der Waals surface area (Å²) < 4.78 is 0. The smallest absolute Gasteiger partial charge is 0.241 e. The summed E-state index contributed by atoms with van der Waals surface area (Å²) in [6, 6.07) is 2.52. The summed E-state index contributed by atoms with van der Waals surface area (Å²) in [6.07, 6.45) is 2.34. The van der Waals surface area contributed by atoms with Crippen LogP contribution >= 0.6 is 23.1 Å². The first-order chi connectivity index (χ1) is 9.68. The lowest BCUT2D eigenvalue weighted by molar-refractivity contribution is -0.133. The Hall–Kier alpha value is -0.520. The third-order valence-corrected chi connectivity index (χ3v) is 6.00. The van der Waals surface area contributed by atoms with Crippen molar-refractivity contribution in [1.82, 2.24) is 10.2 Å². The van der Waals surface area contributed by atoms with Gasteiger partial charge in [-0.15, -0.1) is 0 Å². The van der Waals surface area contributed by atoms with E-state index in [2.05, 4.69) is 40.9 Å². The summed E-state index contributed by atoms with van der Waals surface area (Å²) in [5, 5.41) is 7.83. The van der Waals surface area contributed by atoms with E-state index >= 15 is 0 Å². The average molecular weight is 310 g/mol. The molecule has 3 nitrogen and oxygen atoms in total. The van der Waals surface area contributed by atoms with Crippen LogP contribution in [-0.2, 0) is 4.79 Å². The Balaban J connectivity index is 1.87. The van der Waals surface area contributed by atoms with Crippen molar-refractivity contribution in [3.63, 3.8) is 0 Å². The van der Waals surface area contributed by atoms with Gasteiger partial charge in [0.15, 0.2) is 0 Å². The molecule has 1 N–H and O–H groups in total. The number of hydrogen-bond donors (Lipinski definition) is 1. The van der Waals surface area contributed by atoms with Crippen LogP contribution in [0, 0.1) is 5.92 Å². The Bertz CT molecular complexity index is 454. The molecule has 2 aliphatic heterocycles. The zero-order valence-electron chi connectivity index (χ0n) is 12.0. The van der Waals surface area contributed by atoms with Crippen LogP contribution in [0.25, 0.3) is 0 Å². The van der Waals surface area contributed by atoms with Crippen LogP contribution in [0.3, 0.4) is 0 Å². The van der Waals surface area contributed by atoms with Crippen molar-refractivity contribution in [3.05, 3.63) is 22.4 Å². The molecular formula is C15H22N2OS2. The normalized spacial score (nSPS) is 28.6. The van der Waals surface area contributed by atoms with Crippen molar-refractivity contribution >= 4 is 29.0 Å². The quantitative estimate of drug-likeness (QED) is 0.931. The van der Waals surface area contributed by atoms with Gasteiger partial charge in [-0.3, -0.25) is 10.1 Å². The summed E-state index contributed by atoms with van der Waals surface area (Å²) >= 11 is 3.71. The van der Waals surface area contributed by atoms with Crippen molar-refractivity contribution in [2.75, 3.05) is 11.5 Å². The van der Waals surface area contributed by atoms with Crippen LogP contribution in [-0.4, -0.2) is 34.4 Å². The number of hydrogen-bond acceptors (Lipinski definition) is 4. The van der Waals surface area contributed by atoms with Crippen molar-refractivity contribution in [2.45, 2.75) is 44.9 Å². The molecule has 0 aliphatic carbocycles. The van der Waals surface area contributed by atoms with Crippen molar-refractivity contribution < 1.29 is 4.79 Å². The molecule has 2 atom stereocenters. The predicted octanol–water partition coefficient (Wildman–Crippen LogP) is 3.10. The predicted molar refractivity (Wildman–Crippen MR) is 86.0 cm³/mol. The first-order valence-electron chi connectivity index (χ1n) is 7.36. The molecule has 0 spiro atoms. The molecular weight excluding hydrogens is 288 g/mol. The Kier molecular flexibility index (Phi) is 4.38. The number of nitrogens with zero attached hydrogens (tertiary/aromatic N) is 1. The second-order valence-electron chi connectivity index (χ2n) is 5.94. The molecule has 2 aliphatic rings. The van der Waals surface area contributed by atoms with Gasteiger partial charge < -0.3 is 4.90 Å². The molecule has 3 rings (SSSR count). The van der Waals surface area contributed by atoms with Gasteiger partial charge in [0.2, 0.25) is 5.91 Å². The van der Waals surface area contributed by atoms with Crippen LogP contribution in [0.5, 0.6) is 0 Å². The van der Waals surface area contributed by atoms with Crippen molar-refractivity contribution in [1.29, 1.82) is 0 Å². The molecule has 0 aromatic carbocycles. The first-order valence-corrected chi connectivity index (χ1v) is 9.46. The van der Waals surface area contributed by atoms with Gasteiger partial charge in [0.1, 0.15) is 6.17 Å². The number of carbonyl (C=O) groups is 1. The Morgan fingerprint density at radius 2 is 2.10 bits per heavy atom. The van der Waals surface area contributed by atoms with Gasteiger partial charge in [-0.2, -0.15) is 23.1 Å². The highest BCUT2D eigenvalue weighted by Gasteiger charge is 2.44. The minimum absolute atomic E-state index is 0.0329. The summed E-state index contributed by atoms with van der Waals surface area (Å²) in [6.45, 7) is 4.25. The number of carbonyl (C=O) groups excluding carboxylic acids is 1. The lowest BCUT2D eigenvalue weighted by atomic mass is 10.0. The molecule has 1 amide bonds. The van der Waals surface area contributed by atoms with Crippen LogP contribution in [0.2, 0.25) is 0 Å². The fraction of sp³-hybridized carbons (Fsp3) is 0.667. The van der Waals surface area contributed by atoms with Crippen LogP contribution in [0.15, 0.2) is 16.8 Å². The summed E-state index contributed by atoms with van der Waals surface area (Å²) in [7, 11) is 0. The van der Waals surface area contributed by atoms with Gasteiger partial charge in [-0.05, 0) is 52.7 Å². The van der Waals surface area contributed by atoms with Gasteiger partial charge in [-0.1, -0.05) is 13.8 Å². The van der Waals surface area contributed by atoms with Gasteiger partial charge >= 0.3 is 0 Å². The molecule has 3 heterocycles. The Morgan fingerprint density at radius 3 is 2.70 bits per heavy atom. The molecule has 0 radical (unpaired) electrons.